The van der Waals surface area contributed by atoms with Gasteiger partial charge in [-0.3, -0.25) is 10.4 Å². The third kappa shape index (κ3) is 4.05. The van der Waals surface area contributed by atoms with Crippen LogP contribution in [-0.4, -0.2) is 21.8 Å². The Labute approximate surface area is 190 Å². The van der Waals surface area contributed by atoms with Gasteiger partial charge in [-0.15, -0.1) is 0 Å². The van der Waals surface area contributed by atoms with Crippen LogP contribution in [0.2, 0.25) is 5.02 Å². The summed E-state index contributed by atoms with van der Waals surface area (Å²) in [7, 11) is -1.42. The Morgan fingerprint density at radius 3 is 2.67 bits per heavy atom. The summed E-state index contributed by atoms with van der Waals surface area (Å²) >= 11 is 9.73. The van der Waals surface area contributed by atoms with Gasteiger partial charge in [-0.1, -0.05) is 35.9 Å². The number of carbonyl (C=O) groups is 1. The number of rotatable bonds is 5. The fourth-order valence-corrected chi connectivity index (χ4v) is 5.28. The van der Waals surface area contributed by atoms with Gasteiger partial charge >= 0.3 is 0 Å². The summed E-state index contributed by atoms with van der Waals surface area (Å²) in [6.07, 6.45) is 2.40. The summed E-state index contributed by atoms with van der Waals surface area (Å²) in [5.74, 6) is 0. The lowest BCUT2D eigenvalue weighted by Gasteiger charge is -2.32. The lowest BCUT2D eigenvalue weighted by atomic mass is 10.0. The lowest BCUT2D eigenvalue weighted by molar-refractivity contribution is -0.111. The van der Waals surface area contributed by atoms with Crippen molar-refractivity contribution in [1.29, 1.82) is 0 Å². The van der Waals surface area contributed by atoms with Gasteiger partial charge in [0.15, 0.2) is 0 Å². The van der Waals surface area contributed by atoms with E-state index in [1.165, 1.54) is 0 Å². The van der Waals surface area contributed by atoms with E-state index >= 15 is 0 Å². The van der Waals surface area contributed by atoms with Gasteiger partial charge in [-0.2, -0.15) is 0 Å². The van der Waals surface area contributed by atoms with Gasteiger partial charge in [0.2, 0.25) is 0 Å². The zero-order valence-electron chi connectivity index (χ0n) is 15.9. The third-order valence-corrected chi connectivity index (χ3v) is 6.94. The van der Waals surface area contributed by atoms with Crippen LogP contribution < -0.4 is 5.43 Å². The molecule has 1 aliphatic heterocycles. The van der Waals surface area contributed by atoms with E-state index in [2.05, 4.69) is 26.3 Å². The molecule has 8 heteroatoms. The van der Waals surface area contributed by atoms with Gasteiger partial charge in [0.05, 0.1) is 27.1 Å². The molecule has 1 heterocycles. The lowest BCUT2D eigenvalue weighted by Crippen LogP contribution is -2.36. The number of carbonyl (C=O) groups excluding carboxylic acids is 1. The molecule has 5 nitrogen and oxygen atoms in total. The van der Waals surface area contributed by atoms with Crippen LogP contribution >= 0.6 is 27.5 Å². The van der Waals surface area contributed by atoms with Crippen molar-refractivity contribution in [3.63, 3.8) is 0 Å². The number of hydrazine groups is 1. The number of hydrogen-bond acceptors (Lipinski definition) is 5. The standard InChI is InChI=1S/C22H17BrClN3O2S/c1-14-9-17-20(12-28)27(13-25-22(17)18(23)10-14)26-19-11-15(24)7-8-21(19)30(29)16-5-3-2-4-6-16/h2-13,20,26H,1H3. The molecule has 2 unspecified atom stereocenters. The molecule has 4 rings (SSSR count). The van der Waals surface area contributed by atoms with Gasteiger partial charge in [-0.25, -0.2) is 9.20 Å². The van der Waals surface area contributed by atoms with E-state index in [0.29, 0.717) is 20.5 Å². The summed E-state index contributed by atoms with van der Waals surface area (Å²) in [6, 6.07) is 17.6. The SMILES string of the molecule is Cc1cc(Br)c2c(c1)C(C=O)N(Nc1cc(Cl)ccc1S(=O)c1ccccc1)C=N2. The number of aryl methyl sites for hydroxylation is 1. The highest BCUT2D eigenvalue weighted by atomic mass is 79.9. The maximum Gasteiger partial charge on any atom is 0.149 e. The molecule has 0 saturated heterocycles. The Kier molecular flexibility index (Phi) is 6.04. The summed E-state index contributed by atoms with van der Waals surface area (Å²) in [5, 5.41) is 2.08. The molecular weight excluding hydrogens is 486 g/mol. The number of nitrogens with one attached hydrogen (secondary N) is 1. The Balaban J connectivity index is 1.72. The molecule has 2 atom stereocenters. The first-order valence-corrected chi connectivity index (χ1v) is 11.4. The molecule has 0 aliphatic carbocycles. The first-order chi connectivity index (χ1) is 14.5. The van der Waals surface area contributed by atoms with Crippen molar-refractivity contribution in [2.45, 2.75) is 22.8 Å². The number of fused-ring (bicyclic) bond motifs is 1. The number of anilines is 1. The fraction of sp³-hybridized carbons (Fsp3) is 0.0909. The minimum absolute atomic E-state index is 0.488. The van der Waals surface area contributed by atoms with Crippen molar-refractivity contribution >= 4 is 62.3 Å². The van der Waals surface area contributed by atoms with Crippen LogP contribution in [0.5, 0.6) is 0 Å². The molecule has 0 spiro atoms. The second kappa shape index (κ2) is 8.71. The predicted molar refractivity (Wildman–Crippen MR) is 124 cm³/mol. The van der Waals surface area contributed by atoms with Crippen molar-refractivity contribution in [3.05, 3.63) is 81.3 Å². The van der Waals surface area contributed by atoms with Crippen molar-refractivity contribution in [2.75, 3.05) is 5.43 Å². The van der Waals surface area contributed by atoms with Gasteiger partial charge in [0.1, 0.15) is 18.7 Å². The van der Waals surface area contributed by atoms with Crippen molar-refractivity contribution in [3.8, 4) is 0 Å². The van der Waals surface area contributed by atoms with E-state index in [1.54, 1.807) is 29.5 Å². The summed E-state index contributed by atoms with van der Waals surface area (Å²) in [5.41, 5.74) is 6.23. The maximum atomic E-state index is 13.2. The molecule has 3 aromatic rings. The molecule has 152 valence electrons. The monoisotopic (exact) mass is 501 g/mol. The van der Waals surface area contributed by atoms with Gasteiger partial charge in [-0.05, 0) is 64.8 Å². The molecule has 1 N–H and O–H groups in total. The Morgan fingerprint density at radius 2 is 1.93 bits per heavy atom. The van der Waals surface area contributed by atoms with Crippen molar-refractivity contribution < 1.29 is 9.00 Å². The number of nitrogens with zero attached hydrogens (tertiary/aromatic N) is 2. The van der Waals surface area contributed by atoms with Crippen molar-refractivity contribution in [2.24, 2.45) is 4.99 Å². The molecule has 1 aliphatic rings. The first kappa shape index (κ1) is 20.8. The molecular formula is C22H17BrClN3O2S. The van der Waals surface area contributed by atoms with Crippen LogP contribution in [0.4, 0.5) is 11.4 Å². The van der Waals surface area contributed by atoms with Gasteiger partial charge < -0.3 is 4.79 Å². The van der Waals surface area contributed by atoms with E-state index in [4.69, 9.17) is 11.6 Å². The second-order valence-corrected chi connectivity index (χ2v) is 9.49. The van der Waals surface area contributed by atoms with Crippen LogP contribution in [0.15, 0.2) is 79.9 Å². The smallest absolute Gasteiger partial charge is 0.149 e. The quantitative estimate of drug-likeness (QED) is 0.447. The van der Waals surface area contributed by atoms with E-state index in [0.717, 1.165) is 27.6 Å². The molecule has 0 aromatic heterocycles. The number of benzene rings is 3. The highest BCUT2D eigenvalue weighted by Crippen LogP contribution is 2.39. The molecule has 30 heavy (non-hydrogen) atoms. The molecule has 0 radical (unpaired) electrons. The third-order valence-electron chi connectivity index (χ3n) is 4.64. The molecule has 0 amide bonds. The minimum atomic E-state index is -1.42. The van der Waals surface area contributed by atoms with Crippen molar-refractivity contribution in [1.82, 2.24) is 5.01 Å². The van der Waals surface area contributed by atoms with Crippen LogP contribution in [0, 0.1) is 6.92 Å². The fourth-order valence-electron chi connectivity index (χ4n) is 3.26. The number of aliphatic imine (C=N–C) groups is 1. The largest absolute Gasteiger partial charge is 0.301 e. The average molecular weight is 503 g/mol. The van der Waals surface area contributed by atoms with Crippen LogP contribution in [-0.2, 0) is 15.6 Å². The highest BCUT2D eigenvalue weighted by molar-refractivity contribution is 9.10. The van der Waals surface area contributed by atoms with E-state index in [1.807, 2.05) is 49.4 Å². The number of aldehydes is 1. The van der Waals surface area contributed by atoms with Crippen LogP contribution in [0.25, 0.3) is 0 Å². The maximum absolute atomic E-state index is 13.2. The number of hydrogen-bond donors (Lipinski definition) is 1. The highest BCUT2D eigenvalue weighted by Gasteiger charge is 2.27. The zero-order chi connectivity index (χ0) is 21.3. The average Bonchev–Trinajstić information content (AvgIpc) is 2.74. The molecule has 3 aromatic carbocycles. The van der Waals surface area contributed by atoms with Gasteiger partial charge in [0.25, 0.3) is 0 Å². The summed E-state index contributed by atoms with van der Waals surface area (Å²) in [6.45, 7) is 1.96. The topological polar surface area (TPSA) is 61.8 Å². The Morgan fingerprint density at radius 1 is 1.17 bits per heavy atom. The Bertz CT molecular complexity index is 1170. The van der Waals surface area contributed by atoms with Gasteiger partial charge in [0, 0.05) is 20.0 Å². The van der Waals surface area contributed by atoms with E-state index < -0.39 is 16.8 Å². The van der Waals surface area contributed by atoms with E-state index in [-0.39, 0.29) is 0 Å². The molecule has 0 bridgehead atoms. The van der Waals surface area contributed by atoms with Crippen LogP contribution in [0.1, 0.15) is 17.2 Å². The summed E-state index contributed by atoms with van der Waals surface area (Å²) < 4.78 is 14.0. The molecule has 0 fully saturated rings. The summed E-state index contributed by atoms with van der Waals surface area (Å²) in [4.78, 5) is 17.7. The zero-order valence-corrected chi connectivity index (χ0v) is 19.0. The minimum Gasteiger partial charge on any atom is -0.301 e. The normalized spacial score (nSPS) is 16.1. The first-order valence-electron chi connectivity index (χ1n) is 9.09. The molecule has 0 saturated carbocycles. The number of halogens is 2. The van der Waals surface area contributed by atoms with Crippen LogP contribution in [0.3, 0.4) is 0 Å². The Hall–Kier alpha value is -2.48. The van der Waals surface area contributed by atoms with E-state index in [9.17, 15) is 9.00 Å². The predicted octanol–water partition coefficient (Wildman–Crippen LogP) is 5.82. The second-order valence-electron chi connectivity index (χ2n) is 6.75.